The van der Waals surface area contributed by atoms with E-state index in [0.29, 0.717) is 11.8 Å². The van der Waals surface area contributed by atoms with Crippen LogP contribution in [0.1, 0.15) is 12.8 Å². The molecule has 2 rings (SSSR count). The van der Waals surface area contributed by atoms with E-state index in [1.807, 2.05) is 23.9 Å². The molecule has 76 valence electrons. The van der Waals surface area contributed by atoms with E-state index in [0.717, 1.165) is 5.69 Å². The molecule has 0 aromatic heterocycles. The molecule has 1 aromatic carbocycles. The normalized spacial score (nSPS) is 21.9. The fraction of sp³-hybridized carbons (Fsp3) is 0.455. The Balaban J connectivity index is 1.95. The highest BCUT2D eigenvalue weighted by molar-refractivity contribution is 7.99. The Kier molecular flexibility index (Phi) is 3.19. The Morgan fingerprint density at radius 2 is 2.36 bits per heavy atom. The van der Waals surface area contributed by atoms with Crippen molar-refractivity contribution in [2.45, 2.75) is 18.9 Å². The van der Waals surface area contributed by atoms with Crippen molar-refractivity contribution < 1.29 is 5.11 Å². The van der Waals surface area contributed by atoms with E-state index in [2.05, 4.69) is 5.32 Å². The molecule has 1 fully saturated rings. The number of aromatic hydroxyl groups is 1. The minimum absolute atomic E-state index is 0.332. The van der Waals surface area contributed by atoms with Gasteiger partial charge in [0.2, 0.25) is 0 Å². The molecule has 1 aliphatic rings. The second-order valence-electron chi connectivity index (χ2n) is 3.61. The first-order chi connectivity index (χ1) is 6.84. The van der Waals surface area contributed by atoms with E-state index < -0.39 is 0 Å². The van der Waals surface area contributed by atoms with E-state index in [1.54, 1.807) is 12.1 Å². The van der Waals surface area contributed by atoms with E-state index in [1.165, 1.54) is 24.3 Å². The Hall–Kier alpha value is -0.830. The van der Waals surface area contributed by atoms with Crippen molar-refractivity contribution in [1.82, 2.24) is 0 Å². The van der Waals surface area contributed by atoms with Crippen LogP contribution in [0.25, 0.3) is 0 Å². The number of anilines is 1. The number of phenolic OH excluding ortho intramolecular Hbond substituents is 1. The van der Waals surface area contributed by atoms with Gasteiger partial charge in [0.15, 0.2) is 0 Å². The smallest absolute Gasteiger partial charge is 0.117 e. The van der Waals surface area contributed by atoms with Crippen molar-refractivity contribution in [3.8, 4) is 5.75 Å². The predicted molar refractivity (Wildman–Crippen MR) is 62.1 cm³/mol. The van der Waals surface area contributed by atoms with Crippen LogP contribution in [0.3, 0.4) is 0 Å². The second-order valence-corrected chi connectivity index (χ2v) is 4.76. The summed E-state index contributed by atoms with van der Waals surface area (Å²) in [4.78, 5) is 0. The minimum atomic E-state index is 0.332. The molecule has 0 bridgehead atoms. The van der Waals surface area contributed by atoms with E-state index >= 15 is 0 Å². The number of rotatable bonds is 2. The molecule has 2 N–H and O–H groups in total. The molecule has 0 radical (unpaired) electrons. The van der Waals surface area contributed by atoms with Gasteiger partial charge in [0.1, 0.15) is 5.75 Å². The van der Waals surface area contributed by atoms with Crippen LogP contribution < -0.4 is 5.32 Å². The lowest BCUT2D eigenvalue weighted by Gasteiger charge is -2.23. The average Bonchev–Trinajstić information content (AvgIpc) is 2.19. The summed E-state index contributed by atoms with van der Waals surface area (Å²) in [5.41, 5.74) is 1.03. The van der Waals surface area contributed by atoms with Crippen molar-refractivity contribution in [2.75, 3.05) is 16.8 Å². The SMILES string of the molecule is Oc1cccc(NC2CCCSC2)c1. The number of phenols is 1. The molecular weight excluding hydrogens is 194 g/mol. The standard InChI is InChI=1S/C11H15NOS/c13-11-5-1-3-9(7-11)12-10-4-2-6-14-8-10/h1,3,5,7,10,12-13H,2,4,6,8H2. The molecule has 1 aromatic rings. The lowest BCUT2D eigenvalue weighted by molar-refractivity contribution is 0.475. The molecule has 3 heteroatoms. The largest absolute Gasteiger partial charge is 0.508 e. The van der Waals surface area contributed by atoms with Gasteiger partial charge in [-0.25, -0.2) is 0 Å². The summed E-state index contributed by atoms with van der Waals surface area (Å²) in [6, 6.07) is 7.91. The highest BCUT2D eigenvalue weighted by Gasteiger charge is 2.12. The number of hydrogen-bond acceptors (Lipinski definition) is 3. The lowest BCUT2D eigenvalue weighted by atomic mass is 10.1. The van der Waals surface area contributed by atoms with E-state index in [-0.39, 0.29) is 0 Å². The number of nitrogens with one attached hydrogen (secondary N) is 1. The average molecular weight is 209 g/mol. The van der Waals surface area contributed by atoms with Gasteiger partial charge in [0, 0.05) is 23.5 Å². The van der Waals surface area contributed by atoms with E-state index in [4.69, 9.17) is 0 Å². The van der Waals surface area contributed by atoms with Crippen molar-refractivity contribution in [1.29, 1.82) is 0 Å². The summed E-state index contributed by atoms with van der Waals surface area (Å²) in [6.45, 7) is 0. The van der Waals surface area contributed by atoms with Crippen molar-refractivity contribution in [2.24, 2.45) is 0 Å². The molecule has 0 spiro atoms. The summed E-state index contributed by atoms with van der Waals surface area (Å²) < 4.78 is 0. The van der Waals surface area contributed by atoms with Crippen LogP contribution in [-0.2, 0) is 0 Å². The summed E-state index contributed by atoms with van der Waals surface area (Å²) in [6.07, 6.45) is 2.53. The Morgan fingerprint density at radius 3 is 3.07 bits per heavy atom. The third-order valence-corrected chi connectivity index (χ3v) is 3.59. The van der Waals surface area contributed by atoms with Crippen molar-refractivity contribution in [3.63, 3.8) is 0 Å². The van der Waals surface area contributed by atoms with Gasteiger partial charge in [0.05, 0.1) is 0 Å². The van der Waals surface area contributed by atoms with Gasteiger partial charge >= 0.3 is 0 Å². The monoisotopic (exact) mass is 209 g/mol. The number of thioether (sulfide) groups is 1. The molecule has 1 unspecified atom stereocenters. The molecule has 2 nitrogen and oxygen atoms in total. The minimum Gasteiger partial charge on any atom is -0.508 e. The number of hydrogen-bond donors (Lipinski definition) is 2. The molecule has 1 atom stereocenters. The van der Waals surface area contributed by atoms with Crippen LogP contribution in [0.15, 0.2) is 24.3 Å². The zero-order valence-corrected chi connectivity index (χ0v) is 8.89. The zero-order valence-electron chi connectivity index (χ0n) is 8.07. The van der Waals surface area contributed by atoms with Gasteiger partial charge in [-0.15, -0.1) is 0 Å². The lowest BCUT2D eigenvalue weighted by Crippen LogP contribution is -2.25. The molecule has 0 amide bonds. The maximum Gasteiger partial charge on any atom is 0.117 e. The molecule has 1 heterocycles. The first kappa shape index (κ1) is 9.71. The second kappa shape index (κ2) is 4.60. The van der Waals surface area contributed by atoms with Gasteiger partial charge < -0.3 is 10.4 Å². The Labute approximate surface area is 88.7 Å². The first-order valence-corrected chi connectivity index (χ1v) is 6.13. The van der Waals surface area contributed by atoms with Crippen LogP contribution >= 0.6 is 11.8 Å². The van der Waals surface area contributed by atoms with E-state index in [9.17, 15) is 5.11 Å². The highest BCUT2D eigenvalue weighted by atomic mass is 32.2. The van der Waals surface area contributed by atoms with Crippen LogP contribution in [0.2, 0.25) is 0 Å². The van der Waals surface area contributed by atoms with Gasteiger partial charge in [-0.05, 0) is 30.7 Å². The maximum absolute atomic E-state index is 9.30. The Morgan fingerprint density at radius 1 is 1.43 bits per heavy atom. The molecular formula is C11H15NOS. The summed E-state index contributed by atoms with van der Waals surface area (Å²) in [5, 5.41) is 12.7. The van der Waals surface area contributed by atoms with Crippen molar-refractivity contribution in [3.05, 3.63) is 24.3 Å². The highest BCUT2D eigenvalue weighted by Crippen LogP contribution is 2.22. The fourth-order valence-corrected chi connectivity index (χ4v) is 2.76. The molecule has 0 saturated carbocycles. The first-order valence-electron chi connectivity index (χ1n) is 4.98. The van der Waals surface area contributed by atoms with Crippen LogP contribution in [0, 0.1) is 0 Å². The third kappa shape index (κ3) is 2.58. The van der Waals surface area contributed by atoms with Crippen LogP contribution in [-0.4, -0.2) is 22.7 Å². The summed E-state index contributed by atoms with van der Waals surface area (Å²) in [5.74, 6) is 2.80. The zero-order chi connectivity index (χ0) is 9.80. The topological polar surface area (TPSA) is 32.3 Å². The van der Waals surface area contributed by atoms with Crippen LogP contribution in [0.5, 0.6) is 5.75 Å². The van der Waals surface area contributed by atoms with Gasteiger partial charge in [-0.2, -0.15) is 11.8 Å². The molecule has 1 aliphatic heterocycles. The third-order valence-electron chi connectivity index (χ3n) is 2.38. The fourth-order valence-electron chi connectivity index (χ4n) is 1.69. The van der Waals surface area contributed by atoms with Crippen LogP contribution in [0.4, 0.5) is 5.69 Å². The van der Waals surface area contributed by atoms with Gasteiger partial charge in [0.25, 0.3) is 0 Å². The molecule has 14 heavy (non-hydrogen) atoms. The molecule has 1 saturated heterocycles. The van der Waals surface area contributed by atoms with Gasteiger partial charge in [-0.3, -0.25) is 0 Å². The quantitative estimate of drug-likeness (QED) is 0.785. The Bertz CT molecular complexity index is 297. The summed E-state index contributed by atoms with van der Waals surface area (Å²) >= 11 is 2.00. The molecule has 0 aliphatic carbocycles. The van der Waals surface area contributed by atoms with Crippen molar-refractivity contribution >= 4 is 17.4 Å². The predicted octanol–water partition coefficient (Wildman–Crippen LogP) is 2.70. The number of benzene rings is 1. The summed E-state index contributed by atoms with van der Waals surface area (Å²) in [7, 11) is 0. The van der Waals surface area contributed by atoms with Gasteiger partial charge in [-0.1, -0.05) is 6.07 Å². The maximum atomic E-state index is 9.30.